The van der Waals surface area contributed by atoms with Crippen LogP contribution in [0.4, 0.5) is 18.0 Å². The van der Waals surface area contributed by atoms with Gasteiger partial charge in [0.2, 0.25) is 0 Å². The summed E-state index contributed by atoms with van der Waals surface area (Å²) in [4.78, 5) is 22.8. The second kappa shape index (κ2) is 4.58. The van der Waals surface area contributed by atoms with E-state index in [1.165, 1.54) is 0 Å². The summed E-state index contributed by atoms with van der Waals surface area (Å²) in [6, 6.07) is -2.00. The molecular formula is C8H11F3N2O3. The second-order valence-corrected chi connectivity index (χ2v) is 3.46. The van der Waals surface area contributed by atoms with Crippen molar-refractivity contribution in [2.45, 2.75) is 25.1 Å². The number of halogens is 3. The second-order valence-electron chi connectivity index (χ2n) is 3.46. The molecule has 0 aliphatic carbocycles. The van der Waals surface area contributed by atoms with E-state index in [9.17, 15) is 22.8 Å². The predicted octanol–water partition coefficient (Wildman–Crippen LogP) is 0.807. The summed E-state index contributed by atoms with van der Waals surface area (Å²) in [5.41, 5.74) is 0. The van der Waals surface area contributed by atoms with Gasteiger partial charge in [0.1, 0.15) is 12.6 Å². The van der Waals surface area contributed by atoms with Crippen LogP contribution in [0.2, 0.25) is 0 Å². The zero-order chi connectivity index (χ0) is 12.3. The lowest BCUT2D eigenvalue weighted by atomic mass is 10.2. The molecule has 2 N–H and O–H groups in total. The molecule has 1 aliphatic rings. The molecule has 0 bridgehead atoms. The number of aliphatic carboxylic acids is 1. The van der Waals surface area contributed by atoms with Crippen molar-refractivity contribution in [2.24, 2.45) is 0 Å². The summed E-state index contributed by atoms with van der Waals surface area (Å²) in [5.74, 6) is -1.19. The van der Waals surface area contributed by atoms with E-state index in [1.54, 1.807) is 5.32 Å². The third-order valence-corrected chi connectivity index (χ3v) is 2.24. The molecule has 0 aromatic carbocycles. The molecule has 0 radical (unpaired) electrons. The number of carboxylic acid groups (broad SMARTS) is 1. The van der Waals surface area contributed by atoms with E-state index in [4.69, 9.17) is 5.11 Å². The highest BCUT2D eigenvalue weighted by molar-refractivity contribution is 5.83. The molecule has 0 spiro atoms. The molecule has 0 unspecified atom stereocenters. The van der Waals surface area contributed by atoms with E-state index < -0.39 is 30.8 Å². The number of urea groups is 1. The van der Waals surface area contributed by atoms with E-state index in [0.29, 0.717) is 6.42 Å². The van der Waals surface area contributed by atoms with Gasteiger partial charge in [-0.15, -0.1) is 0 Å². The molecule has 0 saturated carbocycles. The Morgan fingerprint density at radius 1 is 1.44 bits per heavy atom. The van der Waals surface area contributed by atoms with Crippen LogP contribution in [0, 0.1) is 0 Å². The Labute approximate surface area is 89.2 Å². The van der Waals surface area contributed by atoms with Crippen molar-refractivity contribution in [1.29, 1.82) is 0 Å². The first kappa shape index (κ1) is 12.6. The molecule has 1 rings (SSSR count). The monoisotopic (exact) mass is 240 g/mol. The van der Waals surface area contributed by atoms with Crippen molar-refractivity contribution in [2.75, 3.05) is 13.1 Å². The zero-order valence-electron chi connectivity index (χ0n) is 8.25. The summed E-state index contributed by atoms with van der Waals surface area (Å²) in [6.45, 7) is -1.28. The molecule has 5 nitrogen and oxygen atoms in total. The van der Waals surface area contributed by atoms with E-state index in [1.807, 2.05) is 0 Å². The van der Waals surface area contributed by atoms with Gasteiger partial charge in [0, 0.05) is 6.54 Å². The average molecular weight is 240 g/mol. The number of carbonyl (C=O) groups is 2. The summed E-state index contributed by atoms with van der Waals surface area (Å²) in [5, 5.41) is 10.4. The fourth-order valence-corrected chi connectivity index (χ4v) is 1.54. The van der Waals surface area contributed by atoms with Crippen LogP contribution in [0.1, 0.15) is 12.8 Å². The molecule has 8 heteroatoms. The fourth-order valence-electron chi connectivity index (χ4n) is 1.54. The molecule has 1 heterocycles. The van der Waals surface area contributed by atoms with E-state index in [2.05, 4.69) is 0 Å². The molecule has 1 atom stereocenters. The van der Waals surface area contributed by atoms with Crippen molar-refractivity contribution >= 4 is 12.0 Å². The van der Waals surface area contributed by atoms with Gasteiger partial charge in [-0.05, 0) is 12.8 Å². The van der Waals surface area contributed by atoms with Crippen LogP contribution < -0.4 is 5.32 Å². The van der Waals surface area contributed by atoms with Crippen LogP contribution in [-0.4, -0.2) is 47.3 Å². The largest absolute Gasteiger partial charge is 0.480 e. The minimum atomic E-state index is -4.49. The Balaban J connectivity index is 2.50. The van der Waals surface area contributed by atoms with E-state index in [-0.39, 0.29) is 13.0 Å². The number of hydrogen-bond acceptors (Lipinski definition) is 2. The number of hydrogen-bond donors (Lipinski definition) is 2. The highest BCUT2D eigenvalue weighted by atomic mass is 19.4. The van der Waals surface area contributed by atoms with Crippen LogP contribution in [0.15, 0.2) is 0 Å². The Bertz CT molecular complexity index is 293. The third kappa shape index (κ3) is 3.28. The van der Waals surface area contributed by atoms with Gasteiger partial charge in [0.05, 0.1) is 0 Å². The Morgan fingerprint density at radius 2 is 2.06 bits per heavy atom. The van der Waals surface area contributed by atoms with E-state index >= 15 is 0 Å². The topological polar surface area (TPSA) is 69.6 Å². The first-order chi connectivity index (χ1) is 7.31. The van der Waals surface area contributed by atoms with Gasteiger partial charge in [0.15, 0.2) is 0 Å². The van der Waals surface area contributed by atoms with Gasteiger partial charge in [-0.1, -0.05) is 0 Å². The van der Waals surface area contributed by atoms with Crippen LogP contribution >= 0.6 is 0 Å². The summed E-state index contributed by atoms with van der Waals surface area (Å²) in [6.07, 6.45) is -3.74. The molecule has 92 valence electrons. The van der Waals surface area contributed by atoms with Crippen molar-refractivity contribution in [3.8, 4) is 0 Å². The smallest absolute Gasteiger partial charge is 0.405 e. The highest BCUT2D eigenvalue weighted by Crippen LogP contribution is 2.18. The zero-order valence-corrected chi connectivity index (χ0v) is 8.25. The molecular weight excluding hydrogens is 229 g/mol. The SMILES string of the molecule is O=C(O)[C@@H]1CCCN1C(=O)NCC(F)(F)F. The minimum Gasteiger partial charge on any atom is -0.480 e. The number of nitrogens with zero attached hydrogens (tertiary/aromatic N) is 1. The molecule has 2 amide bonds. The lowest BCUT2D eigenvalue weighted by Crippen LogP contribution is -2.48. The first-order valence-corrected chi connectivity index (χ1v) is 4.65. The fraction of sp³-hybridized carbons (Fsp3) is 0.750. The Kier molecular flexibility index (Phi) is 3.61. The van der Waals surface area contributed by atoms with Crippen molar-refractivity contribution in [1.82, 2.24) is 10.2 Å². The lowest BCUT2D eigenvalue weighted by molar-refractivity contribution is -0.141. The minimum absolute atomic E-state index is 0.167. The summed E-state index contributed by atoms with van der Waals surface area (Å²) < 4.78 is 35.4. The number of carboxylic acids is 1. The van der Waals surface area contributed by atoms with Crippen LogP contribution in [-0.2, 0) is 4.79 Å². The van der Waals surface area contributed by atoms with Gasteiger partial charge in [-0.3, -0.25) is 0 Å². The number of nitrogens with one attached hydrogen (secondary N) is 1. The average Bonchev–Trinajstić information content (AvgIpc) is 2.61. The lowest BCUT2D eigenvalue weighted by Gasteiger charge is -2.22. The normalized spacial score (nSPS) is 20.9. The predicted molar refractivity (Wildman–Crippen MR) is 46.8 cm³/mol. The molecule has 1 saturated heterocycles. The molecule has 1 fully saturated rings. The van der Waals surface area contributed by atoms with Gasteiger partial charge in [-0.25, -0.2) is 9.59 Å². The van der Waals surface area contributed by atoms with E-state index in [0.717, 1.165) is 4.90 Å². The number of rotatable bonds is 2. The van der Waals surface area contributed by atoms with Gasteiger partial charge in [-0.2, -0.15) is 13.2 Å². The number of carbonyl (C=O) groups excluding carboxylic acids is 1. The van der Waals surface area contributed by atoms with Crippen molar-refractivity contribution in [3.63, 3.8) is 0 Å². The van der Waals surface area contributed by atoms with Gasteiger partial charge >= 0.3 is 18.2 Å². The van der Waals surface area contributed by atoms with Crippen molar-refractivity contribution in [3.05, 3.63) is 0 Å². The molecule has 0 aromatic rings. The number of amides is 2. The Morgan fingerprint density at radius 3 is 2.56 bits per heavy atom. The Hall–Kier alpha value is -1.47. The number of likely N-dealkylation sites (tertiary alicyclic amines) is 1. The first-order valence-electron chi connectivity index (χ1n) is 4.65. The third-order valence-electron chi connectivity index (χ3n) is 2.24. The number of alkyl halides is 3. The van der Waals surface area contributed by atoms with Crippen LogP contribution in [0.3, 0.4) is 0 Å². The molecule has 16 heavy (non-hydrogen) atoms. The maximum atomic E-state index is 11.8. The molecule has 1 aliphatic heterocycles. The van der Waals surface area contributed by atoms with Crippen LogP contribution in [0.25, 0.3) is 0 Å². The van der Waals surface area contributed by atoms with Crippen molar-refractivity contribution < 1.29 is 27.9 Å². The summed E-state index contributed by atoms with van der Waals surface area (Å²) in [7, 11) is 0. The quantitative estimate of drug-likeness (QED) is 0.750. The maximum Gasteiger partial charge on any atom is 0.405 e. The maximum absolute atomic E-state index is 11.8. The summed E-state index contributed by atoms with van der Waals surface area (Å²) >= 11 is 0. The highest BCUT2D eigenvalue weighted by Gasteiger charge is 2.35. The molecule has 0 aromatic heterocycles. The van der Waals surface area contributed by atoms with Gasteiger partial charge < -0.3 is 15.3 Å². The van der Waals surface area contributed by atoms with Crippen LogP contribution in [0.5, 0.6) is 0 Å². The standard InChI is InChI=1S/C8H11F3N2O3/c9-8(10,11)4-12-7(16)13-3-1-2-5(13)6(14)15/h5H,1-4H2,(H,12,16)(H,14,15)/t5-/m0/s1. The van der Waals surface area contributed by atoms with Gasteiger partial charge in [0.25, 0.3) is 0 Å².